The van der Waals surface area contributed by atoms with Crippen molar-refractivity contribution in [3.05, 3.63) is 35.9 Å². The Morgan fingerprint density at radius 2 is 2.12 bits per heavy atom. The van der Waals surface area contributed by atoms with Gasteiger partial charge in [-0.3, -0.25) is 0 Å². The number of aromatic nitrogens is 4. The molecule has 0 aliphatic heterocycles. The summed E-state index contributed by atoms with van der Waals surface area (Å²) in [5.74, 6) is 0.362. The van der Waals surface area contributed by atoms with Crippen molar-refractivity contribution in [1.82, 2.24) is 20.3 Å². The van der Waals surface area contributed by atoms with E-state index in [4.69, 9.17) is 5.73 Å². The van der Waals surface area contributed by atoms with E-state index < -0.39 is 0 Å². The smallest absolute Gasteiger partial charge is 0.263 e. The van der Waals surface area contributed by atoms with Crippen LogP contribution in [0.5, 0.6) is 0 Å². The molecule has 0 amide bonds. The van der Waals surface area contributed by atoms with Gasteiger partial charge in [0.1, 0.15) is 0 Å². The Kier molecular flexibility index (Phi) is 2.90. The number of benzene rings is 1. The molecule has 0 radical (unpaired) electrons. The highest BCUT2D eigenvalue weighted by molar-refractivity contribution is 5.67. The van der Waals surface area contributed by atoms with Crippen LogP contribution in [0.15, 0.2) is 35.4 Å². The molecule has 2 rings (SSSR count). The predicted octanol–water partition coefficient (Wildman–Crippen LogP) is 0.893. The van der Waals surface area contributed by atoms with Gasteiger partial charge in [0.15, 0.2) is 0 Å². The van der Waals surface area contributed by atoms with Gasteiger partial charge in [-0.2, -0.15) is 5.10 Å². The van der Waals surface area contributed by atoms with Gasteiger partial charge in [-0.05, 0) is 16.0 Å². The molecule has 0 fully saturated rings. The fourth-order valence-corrected chi connectivity index (χ4v) is 1.28. The maximum absolute atomic E-state index is 5.48. The summed E-state index contributed by atoms with van der Waals surface area (Å²) < 4.78 is 0. The second-order valence-electron chi connectivity index (χ2n) is 3.39. The zero-order valence-electron chi connectivity index (χ0n) is 8.85. The molecule has 6 nitrogen and oxygen atoms in total. The SMILES string of the molecule is C[C@@H](/C=N/n1nnnc1N)c1ccccc1. The van der Waals surface area contributed by atoms with Gasteiger partial charge in [0, 0.05) is 12.1 Å². The minimum absolute atomic E-state index is 0.177. The molecular formula is C10H12N6. The molecule has 1 heterocycles. The molecule has 1 aromatic carbocycles. The second kappa shape index (κ2) is 4.52. The second-order valence-corrected chi connectivity index (χ2v) is 3.39. The van der Waals surface area contributed by atoms with Crippen LogP contribution in [0.3, 0.4) is 0 Å². The minimum atomic E-state index is 0.177. The number of tetrazole rings is 1. The monoisotopic (exact) mass is 216 g/mol. The number of nitrogens with two attached hydrogens (primary N) is 1. The predicted molar refractivity (Wildman–Crippen MR) is 61.0 cm³/mol. The maximum Gasteiger partial charge on any atom is 0.263 e. The average Bonchev–Trinajstić information content (AvgIpc) is 2.73. The average molecular weight is 216 g/mol. The first-order chi connectivity index (χ1) is 7.77. The molecule has 0 saturated carbocycles. The summed E-state index contributed by atoms with van der Waals surface area (Å²) in [4.78, 5) is 1.19. The van der Waals surface area contributed by atoms with Crippen molar-refractivity contribution in [2.75, 3.05) is 5.73 Å². The van der Waals surface area contributed by atoms with E-state index in [2.05, 4.69) is 20.6 Å². The summed E-state index contributed by atoms with van der Waals surface area (Å²) in [6.07, 6.45) is 1.75. The van der Waals surface area contributed by atoms with Gasteiger partial charge in [0.05, 0.1) is 0 Å². The third kappa shape index (κ3) is 2.22. The number of nitrogens with zero attached hydrogens (tertiary/aromatic N) is 5. The molecule has 82 valence electrons. The molecule has 0 aliphatic rings. The lowest BCUT2D eigenvalue weighted by Gasteiger charge is -2.04. The molecule has 0 unspecified atom stereocenters. The topological polar surface area (TPSA) is 82.0 Å². The first-order valence-electron chi connectivity index (χ1n) is 4.90. The molecule has 2 N–H and O–H groups in total. The van der Waals surface area contributed by atoms with Gasteiger partial charge in [0.2, 0.25) is 0 Å². The van der Waals surface area contributed by atoms with Crippen molar-refractivity contribution in [3.63, 3.8) is 0 Å². The lowest BCUT2D eigenvalue weighted by Crippen LogP contribution is -2.02. The first-order valence-corrected chi connectivity index (χ1v) is 4.90. The number of hydrogen-bond acceptors (Lipinski definition) is 5. The summed E-state index contributed by atoms with van der Waals surface area (Å²) in [5.41, 5.74) is 6.66. The Morgan fingerprint density at radius 3 is 2.75 bits per heavy atom. The highest BCUT2D eigenvalue weighted by atomic mass is 15.7. The van der Waals surface area contributed by atoms with E-state index in [1.165, 1.54) is 10.4 Å². The third-order valence-electron chi connectivity index (χ3n) is 2.20. The Balaban J connectivity index is 2.11. The van der Waals surface area contributed by atoms with Crippen LogP contribution in [-0.4, -0.2) is 26.5 Å². The van der Waals surface area contributed by atoms with Crippen molar-refractivity contribution < 1.29 is 0 Å². The Labute approximate surface area is 92.8 Å². The van der Waals surface area contributed by atoms with Gasteiger partial charge >= 0.3 is 0 Å². The van der Waals surface area contributed by atoms with Gasteiger partial charge in [-0.1, -0.05) is 47.1 Å². The maximum atomic E-state index is 5.48. The van der Waals surface area contributed by atoms with Crippen molar-refractivity contribution in [3.8, 4) is 0 Å². The van der Waals surface area contributed by atoms with Crippen LogP contribution in [0.2, 0.25) is 0 Å². The number of rotatable bonds is 3. The number of anilines is 1. The summed E-state index contributed by atoms with van der Waals surface area (Å²) in [5, 5.41) is 14.6. The van der Waals surface area contributed by atoms with Crippen molar-refractivity contribution in [2.24, 2.45) is 5.10 Å². The molecule has 0 spiro atoms. The fourth-order valence-electron chi connectivity index (χ4n) is 1.28. The molecular weight excluding hydrogens is 204 g/mol. The van der Waals surface area contributed by atoms with Crippen LogP contribution in [-0.2, 0) is 0 Å². The van der Waals surface area contributed by atoms with Crippen LogP contribution >= 0.6 is 0 Å². The zero-order valence-corrected chi connectivity index (χ0v) is 8.85. The fraction of sp³-hybridized carbons (Fsp3) is 0.200. The number of nitrogen functional groups attached to an aromatic ring is 1. The molecule has 1 atom stereocenters. The van der Waals surface area contributed by atoms with Crippen LogP contribution in [0.1, 0.15) is 18.4 Å². The van der Waals surface area contributed by atoms with Crippen LogP contribution in [0, 0.1) is 0 Å². The Morgan fingerprint density at radius 1 is 1.38 bits per heavy atom. The third-order valence-corrected chi connectivity index (χ3v) is 2.20. The van der Waals surface area contributed by atoms with E-state index in [1.54, 1.807) is 6.21 Å². The molecule has 0 aliphatic carbocycles. The summed E-state index contributed by atoms with van der Waals surface area (Å²) >= 11 is 0. The van der Waals surface area contributed by atoms with E-state index in [-0.39, 0.29) is 11.9 Å². The minimum Gasteiger partial charge on any atom is -0.365 e. The molecule has 16 heavy (non-hydrogen) atoms. The van der Waals surface area contributed by atoms with Crippen LogP contribution < -0.4 is 5.73 Å². The molecule has 1 aromatic heterocycles. The van der Waals surface area contributed by atoms with Crippen LogP contribution in [0.4, 0.5) is 5.95 Å². The van der Waals surface area contributed by atoms with Crippen molar-refractivity contribution >= 4 is 12.2 Å². The van der Waals surface area contributed by atoms with Gasteiger partial charge < -0.3 is 5.73 Å². The molecule has 6 heteroatoms. The zero-order chi connectivity index (χ0) is 11.4. The lowest BCUT2D eigenvalue weighted by molar-refractivity contribution is 0.695. The van der Waals surface area contributed by atoms with Gasteiger partial charge in [-0.15, -0.1) is 0 Å². The summed E-state index contributed by atoms with van der Waals surface area (Å²) in [7, 11) is 0. The van der Waals surface area contributed by atoms with E-state index in [9.17, 15) is 0 Å². The largest absolute Gasteiger partial charge is 0.365 e. The Bertz CT molecular complexity index is 475. The van der Waals surface area contributed by atoms with E-state index in [0.717, 1.165) is 0 Å². The van der Waals surface area contributed by atoms with E-state index in [0.29, 0.717) is 0 Å². The molecule has 2 aromatic rings. The quantitative estimate of drug-likeness (QED) is 0.772. The first kappa shape index (κ1) is 10.3. The van der Waals surface area contributed by atoms with E-state index in [1.807, 2.05) is 37.3 Å². The van der Waals surface area contributed by atoms with E-state index >= 15 is 0 Å². The summed E-state index contributed by atoms with van der Waals surface area (Å²) in [6.45, 7) is 2.04. The summed E-state index contributed by atoms with van der Waals surface area (Å²) in [6, 6.07) is 10.0. The normalized spacial score (nSPS) is 13.1. The van der Waals surface area contributed by atoms with Crippen molar-refractivity contribution in [1.29, 1.82) is 0 Å². The Hall–Kier alpha value is -2.24. The number of hydrogen-bond donors (Lipinski definition) is 1. The van der Waals surface area contributed by atoms with Crippen molar-refractivity contribution in [2.45, 2.75) is 12.8 Å². The molecule has 0 bridgehead atoms. The van der Waals surface area contributed by atoms with Gasteiger partial charge in [0.25, 0.3) is 5.95 Å². The standard InChI is InChI=1S/C10H12N6/c1-8(9-5-3-2-4-6-9)7-12-16-10(11)13-14-15-16/h2-8H,1H3,(H2,11,13,15)/b12-7+/t8-/m0/s1. The van der Waals surface area contributed by atoms with Gasteiger partial charge in [-0.25, -0.2) is 0 Å². The lowest BCUT2D eigenvalue weighted by atomic mass is 10.0. The molecule has 0 saturated heterocycles. The highest BCUT2D eigenvalue weighted by Gasteiger charge is 2.02. The highest BCUT2D eigenvalue weighted by Crippen LogP contribution is 2.11. The van der Waals surface area contributed by atoms with Crippen LogP contribution in [0.25, 0.3) is 0 Å².